The summed E-state index contributed by atoms with van der Waals surface area (Å²) >= 11 is 0. The summed E-state index contributed by atoms with van der Waals surface area (Å²) in [6.07, 6.45) is 7.71. The lowest BCUT2D eigenvalue weighted by atomic mass is 9.70. The molecule has 1 aromatic rings. The van der Waals surface area contributed by atoms with Gasteiger partial charge in [-0.15, -0.1) is 0 Å². The second-order valence-corrected chi connectivity index (χ2v) is 6.87. The van der Waals surface area contributed by atoms with Gasteiger partial charge in [0.15, 0.2) is 11.6 Å². The molecule has 21 heavy (non-hydrogen) atoms. The maximum absolute atomic E-state index is 14.3. The highest BCUT2D eigenvalue weighted by atomic mass is 19.2. The van der Waals surface area contributed by atoms with Crippen molar-refractivity contribution in [3.63, 3.8) is 0 Å². The minimum absolute atomic E-state index is 0.0381. The van der Waals surface area contributed by atoms with E-state index in [-0.39, 0.29) is 5.75 Å². The Hall–Kier alpha value is -1.12. The van der Waals surface area contributed by atoms with Crippen LogP contribution in [-0.2, 0) is 12.8 Å². The van der Waals surface area contributed by atoms with Gasteiger partial charge in [-0.05, 0) is 67.1 Å². The van der Waals surface area contributed by atoms with Gasteiger partial charge in [0.25, 0.3) is 0 Å². The van der Waals surface area contributed by atoms with Crippen LogP contribution in [0.5, 0.6) is 5.75 Å². The Kier molecular flexibility index (Phi) is 4.19. The summed E-state index contributed by atoms with van der Waals surface area (Å²) in [4.78, 5) is 0. The number of aryl methyl sites for hydroxylation is 1. The first kappa shape index (κ1) is 14.8. The van der Waals surface area contributed by atoms with Crippen molar-refractivity contribution in [2.45, 2.75) is 51.9 Å². The van der Waals surface area contributed by atoms with Gasteiger partial charge >= 0.3 is 0 Å². The summed E-state index contributed by atoms with van der Waals surface area (Å²) in [5, 5.41) is 0. The zero-order valence-corrected chi connectivity index (χ0v) is 12.9. The lowest BCUT2D eigenvalue weighted by Gasteiger charge is -2.36. The summed E-state index contributed by atoms with van der Waals surface area (Å²) in [5.41, 5.74) is 1.54. The van der Waals surface area contributed by atoms with Gasteiger partial charge in [-0.2, -0.15) is 4.39 Å². The molecule has 1 fully saturated rings. The van der Waals surface area contributed by atoms with Gasteiger partial charge in [0.05, 0.1) is 7.11 Å². The average molecular weight is 294 g/mol. The number of ether oxygens (including phenoxy) is 1. The van der Waals surface area contributed by atoms with Crippen LogP contribution in [0.1, 0.15) is 50.2 Å². The van der Waals surface area contributed by atoms with Crippen molar-refractivity contribution in [3.05, 3.63) is 28.8 Å². The Bertz CT molecular complexity index is 518. The van der Waals surface area contributed by atoms with E-state index in [4.69, 9.17) is 4.74 Å². The summed E-state index contributed by atoms with van der Waals surface area (Å²) in [6, 6.07) is 1.69. The first-order valence-corrected chi connectivity index (χ1v) is 8.13. The Morgan fingerprint density at radius 3 is 2.38 bits per heavy atom. The smallest absolute Gasteiger partial charge is 0.200 e. The molecule has 2 aliphatic rings. The molecule has 0 heterocycles. The fourth-order valence-corrected chi connectivity index (χ4v) is 4.15. The van der Waals surface area contributed by atoms with Gasteiger partial charge in [-0.25, -0.2) is 4.39 Å². The largest absolute Gasteiger partial charge is 0.494 e. The molecule has 0 amide bonds. The minimum atomic E-state index is -0.825. The van der Waals surface area contributed by atoms with Crippen LogP contribution in [0.3, 0.4) is 0 Å². The van der Waals surface area contributed by atoms with Crippen molar-refractivity contribution in [1.82, 2.24) is 0 Å². The van der Waals surface area contributed by atoms with E-state index >= 15 is 0 Å². The van der Waals surface area contributed by atoms with E-state index in [2.05, 4.69) is 6.92 Å². The van der Waals surface area contributed by atoms with Crippen LogP contribution in [0.4, 0.5) is 8.78 Å². The van der Waals surface area contributed by atoms with E-state index in [1.54, 1.807) is 6.07 Å². The zero-order valence-electron chi connectivity index (χ0n) is 12.9. The molecule has 0 spiro atoms. The molecule has 0 aromatic heterocycles. The summed E-state index contributed by atoms with van der Waals surface area (Å²) < 4.78 is 33.1. The molecule has 1 atom stereocenters. The topological polar surface area (TPSA) is 9.23 Å². The quantitative estimate of drug-likeness (QED) is 0.753. The van der Waals surface area contributed by atoms with Gasteiger partial charge in [0.1, 0.15) is 0 Å². The molecule has 116 valence electrons. The Morgan fingerprint density at radius 1 is 1.00 bits per heavy atom. The van der Waals surface area contributed by atoms with E-state index in [9.17, 15) is 8.78 Å². The zero-order chi connectivity index (χ0) is 15.0. The highest BCUT2D eigenvalue weighted by Crippen LogP contribution is 2.41. The SMILES string of the molecule is COc1cc2c(c(F)c1F)CC(C1CCC(C)CC1)CC2. The molecule has 0 radical (unpaired) electrons. The standard InChI is InChI=1S/C18H24F2O/c1-11-3-5-12(6-4-11)13-7-8-14-10-16(21-2)18(20)17(19)15(14)9-13/h10-13H,3-9H2,1-2H3. The van der Waals surface area contributed by atoms with Crippen LogP contribution in [-0.4, -0.2) is 7.11 Å². The molecule has 3 rings (SSSR count). The van der Waals surface area contributed by atoms with E-state index < -0.39 is 11.6 Å². The second-order valence-electron chi connectivity index (χ2n) is 6.87. The van der Waals surface area contributed by atoms with Gasteiger partial charge < -0.3 is 4.74 Å². The molecule has 1 saturated carbocycles. The molecule has 0 bridgehead atoms. The van der Waals surface area contributed by atoms with Crippen molar-refractivity contribution >= 4 is 0 Å². The number of fused-ring (bicyclic) bond motifs is 1. The average Bonchev–Trinajstić information content (AvgIpc) is 2.51. The van der Waals surface area contributed by atoms with Crippen LogP contribution < -0.4 is 4.74 Å². The molecular formula is C18H24F2O. The molecular weight excluding hydrogens is 270 g/mol. The monoisotopic (exact) mass is 294 g/mol. The third-order valence-electron chi connectivity index (χ3n) is 5.56. The fourth-order valence-electron chi connectivity index (χ4n) is 4.15. The lowest BCUT2D eigenvalue weighted by Crippen LogP contribution is -2.27. The number of hydrogen-bond donors (Lipinski definition) is 0. The molecule has 1 unspecified atom stereocenters. The normalized spacial score (nSPS) is 29.0. The van der Waals surface area contributed by atoms with Crippen molar-refractivity contribution < 1.29 is 13.5 Å². The first-order valence-electron chi connectivity index (χ1n) is 8.13. The molecule has 1 aromatic carbocycles. The van der Waals surface area contributed by atoms with Gasteiger partial charge in [-0.1, -0.05) is 19.8 Å². The van der Waals surface area contributed by atoms with Crippen LogP contribution in [0, 0.1) is 29.4 Å². The molecule has 3 heteroatoms. The van der Waals surface area contributed by atoms with E-state index in [0.717, 1.165) is 24.3 Å². The van der Waals surface area contributed by atoms with Gasteiger partial charge in [0.2, 0.25) is 5.82 Å². The van der Waals surface area contributed by atoms with Crippen molar-refractivity contribution in [3.8, 4) is 5.75 Å². The lowest BCUT2D eigenvalue weighted by molar-refractivity contribution is 0.195. The maximum atomic E-state index is 14.3. The Morgan fingerprint density at radius 2 is 1.71 bits per heavy atom. The van der Waals surface area contributed by atoms with Crippen LogP contribution in [0.2, 0.25) is 0 Å². The van der Waals surface area contributed by atoms with Gasteiger partial charge in [-0.3, -0.25) is 0 Å². The highest BCUT2D eigenvalue weighted by molar-refractivity contribution is 5.40. The molecule has 0 saturated heterocycles. The summed E-state index contributed by atoms with van der Waals surface area (Å²) in [5.74, 6) is 0.574. The molecule has 0 aliphatic heterocycles. The Balaban J connectivity index is 1.80. The third-order valence-corrected chi connectivity index (χ3v) is 5.56. The summed E-state index contributed by atoms with van der Waals surface area (Å²) in [6.45, 7) is 2.31. The van der Waals surface area contributed by atoms with Crippen molar-refractivity contribution in [2.24, 2.45) is 17.8 Å². The number of methoxy groups -OCH3 is 1. The van der Waals surface area contributed by atoms with E-state index in [1.165, 1.54) is 32.8 Å². The number of hydrogen-bond acceptors (Lipinski definition) is 1. The highest BCUT2D eigenvalue weighted by Gasteiger charge is 2.31. The van der Waals surface area contributed by atoms with Gasteiger partial charge in [0, 0.05) is 0 Å². The van der Waals surface area contributed by atoms with E-state index in [0.29, 0.717) is 23.8 Å². The Labute approximate surface area is 125 Å². The number of halogens is 2. The molecule has 0 N–H and O–H groups in total. The molecule has 1 nitrogen and oxygen atoms in total. The predicted molar refractivity (Wildman–Crippen MR) is 79.5 cm³/mol. The fraction of sp³-hybridized carbons (Fsp3) is 0.667. The summed E-state index contributed by atoms with van der Waals surface area (Å²) in [7, 11) is 1.39. The predicted octanol–water partition coefficient (Wildman–Crippen LogP) is 4.90. The van der Waals surface area contributed by atoms with Crippen molar-refractivity contribution in [2.75, 3.05) is 7.11 Å². The van der Waals surface area contributed by atoms with Crippen LogP contribution in [0.25, 0.3) is 0 Å². The van der Waals surface area contributed by atoms with E-state index in [1.807, 2.05) is 0 Å². The maximum Gasteiger partial charge on any atom is 0.200 e. The van der Waals surface area contributed by atoms with Crippen LogP contribution in [0.15, 0.2) is 6.07 Å². The number of benzene rings is 1. The molecule has 2 aliphatic carbocycles. The minimum Gasteiger partial charge on any atom is -0.494 e. The van der Waals surface area contributed by atoms with Crippen LogP contribution >= 0.6 is 0 Å². The second kappa shape index (κ2) is 5.94. The third kappa shape index (κ3) is 2.79. The number of rotatable bonds is 2. The first-order chi connectivity index (χ1) is 10.1. The van der Waals surface area contributed by atoms with Crippen molar-refractivity contribution in [1.29, 1.82) is 0 Å².